The second-order valence-electron chi connectivity index (χ2n) is 6.39. The van der Waals surface area contributed by atoms with Crippen LogP contribution in [0.25, 0.3) is 0 Å². The standard InChI is InChI=1S/C16H24N2O/c1-16(2,3)14-9-8-13(12-17-14)15(19)18-10-6-4-5-7-11-18/h8-9,12H,4-7,10-11H2,1-3H3. The molecule has 3 nitrogen and oxygen atoms in total. The molecule has 0 saturated carbocycles. The fourth-order valence-electron chi connectivity index (χ4n) is 2.42. The molecule has 1 aliphatic heterocycles. The average molecular weight is 260 g/mol. The van der Waals surface area contributed by atoms with Gasteiger partial charge in [0.25, 0.3) is 5.91 Å². The van der Waals surface area contributed by atoms with Gasteiger partial charge < -0.3 is 4.90 Å². The first-order chi connectivity index (χ1) is 8.98. The van der Waals surface area contributed by atoms with Crippen LogP contribution in [0, 0.1) is 0 Å². The van der Waals surface area contributed by atoms with Gasteiger partial charge in [0.1, 0.15) is 0 Å². The molecule has 1 fully saturated rings. The fourth-order valence-corrected chi connectivity index (χ4v) is 2.42. The van der Waals surface area contributed by atoms with Gasteiger partial charge in [0.15, 0.2) is 0 Å². The Morgan fingerprint density at radius 1 is 1.11 bits per heavy atom. The summed E-state index contributed by atoms with van der Waals surface area (Å²) in [7, 11) is 0. The minimum Gasteiger partial charge on any atom is -0.339 e. The Morgan fingerprint density at radius 2 is 1.74 bits per heavy atom. The van der Waals surface area contributed by atoms with Gasteiger partial charge >= 0.3 is 0 Å². The van der Waals surface area contributed by atoms with E-state index in [9.17, 15) is 4.79 Å². The predicted octanol–water partition coefficient (Wildman–Crippen LogP) is 3.40. The average Bonchev–Trinajstić information content (AvgIpc) is 2.66. The highest BCUT2D eigenvalue weighted by molar-refractivity contribution is 5.93. The molecule has 3 heteroatoms. The van der Waals surface area contributed by atoms with Crippen LogP contribution in [0.4, 0.5) is 0 Å². The number of likely N-dealkylation sites (tertiary alicyclic amines) is 1. The van der Waals surface area contributed by atoms with Crippen molar-refractivity contribution in [2.24, 2.45) is 0 Å². The maximum absolute atomic E-state index is 12.4. The maximum Gasteiger partial charge on any atom is 0.255 e. The van der Waals surface area contributed by atoms with E-state index in [-0.39, 0.29) is 11.3 Å². The summed E-state index contributed by atoms with van der Waals surface area (Å²) in [6.45, 7) is 8.17. The minimum absolute atomic E-state index is 0.0319. The van der Waals surface area contributed by atoms with Crippen molar-refractivity contribution in [3.8, 4) is 0 Å². The van der Waals surface area contributed by atoms with E-state index >= 15 is 0 Å². The van der Waals surface area contributed by atoms with Gasteiger partial charge in [-0.2, -0.15) is 0 Å². The zero-order valence-corrected chi connectivity index (χ0v) is 12.3. The van der Waals surface area contributed by atoms with Crippen LogP contribution in [0.2, 0.25) is 0 Å². The smallest absolute Gasteiger partial charge is 0.255 e. The van der Waals surface area contributed by atoms with Gasteiger partial charge in [-0.15, -0.1) is 0 Å². The van der Waals surface area contributed by atoms with E-state index in [1.807, 2.05) is 17.0 Å². The first-order valence-electron chi connectivity index (χ1n) is 7.24. The van der Waals surface area contributed by atoms with Crippen LogP contribution < -0.4 is 0 Å². The normalized spacial score (nSPS) is 17.1. The van der Waals surface area contributed by atoms with Crippen molar-refractivity contribution in [1.82, 2.24) is 9.88 Å². The Balaban J connectivity index is 2.10. The van der Waals surface area contributed by atoms with Crippen molar-refractivity contribution in [1.29, 1.82) is 0 Å². The van der Waals surface area contributed by atoms with Gasteiger partial charge in [-0.1, -0.05) is 33.6 Å². The van der Waals surface area contributed by atoms with E-state index in [2.05, 4.69) is 25.8 Å². The molecule has 104 valence electrons. The molecule has 0 aliphatic carbocycles. The van der Waals surface area contributed by atoms with Crippen LogP contribution in [0.1, 0.15) is 62.5 Å². The molecule has 19 heavy (non-hydrogen) atoms. The second kappa shape index (κ2) is 5.72. The molecule has 0 spiro atoms. The third-order valence-electron chi connectivity index (χ3n) is 3.67. The number of pyridine rings is 1. The van der Waals surface area contributed by atoms with E-state index in [0.717, 1.165) is 37.2 Å². The molecule has 1 aromatic heterocycles. The molecule has 1 amide bonds. The van der Waals surface area contributed by atoms with Crippen LogP contribution in [-0.2, 0) is 5.41 Å². The largest absolute Gasteiger partial charge is 0.339 e. The molecule has 0 N–H and O–H groups in total. The Kier molecular flexibility index (Phi) is 4.23. The Labute approximate surface area is 116 Å². The first-order valence-corrected chi connectivity index (χ1v) is 7.24. The van der Waals surface area contributed by atoms with E-state index in [1.165, 1.54) is 12.8 Å². The zero-order chi connectivity index (χ0) is 13.9. The third-order valence-corrected chi connectivity index (χ3v) is 3.67. The van der Waals surface area contributed by atoms with Crippen molar-refractivity contribution >= 4 is 5.91 Å². The SMILES string of the molecule is CC(C)(C)c1ccc(C(=O)N2CCCCCC2)cn1. The summed E-state index contributed by atoms with van der Waals surface area (Å²) in [5, 5.41) is 0. The molecular formula is C16H24N2O. The van der Waals surface area contributed by atoms with Crippen LogP contribution >= 0.6 is 0 Å². The summed E-state index contributed by atoms with van der Waals surface area (Å²) in [4.78, 5) is 18.8. The lowest BCUT2D eigenvalue weighted by Crippen LogP contribution is -2.32. The topological polar surface area (TPSA) is 33.2 Å². The lowest BCUT2D eigenvalue weighted by atomic mass is 9.91. The molecule has 0 aromatic carbocycles. The number of amides is 1. The van der Waals surface area contributed by atoms with Crippen LogP contribution in [0.15, 0.2) is 18.3 Å². The maximum atomic E-state index is 12.4. The minimum atomic E-state index is 0.0319. The number of nitrogens with zero attached hydrogens (tertiary/aromatic N) is 2. The summed E-state index contributed by atoms with van der Waals surface area (Å²) in [6.07, 6.45) is 6.46. The molecule has 0 radical (unpaired) electrons. The van der Waals surface area contributed by atoms with Gasteiger partial charge in [-0.25, -0.2) is 0 Å². The van der Waals surface area contributed by atoms with Crippen molar-refractivity contribution < 1.29 is 4.79 Å². The van der Waals surface area contributed by atoms with Gasteiger partial charge in [-0.3, -0.25) is 9.78 Å². The molecular weight excluding hydrogens is 236 g/mol. The third kappa shape index (κ3) is 3.55. The van der Waals surface area contributed by atoms with Crippen LogP contribution in [0.5, 0.6) is 0 Å². The molecule has 2 rings (SSSR count). The second-order valence-corrected chi connectivity index (χ2v) is 6.39. The Morgan fingerprint density at radius 3 is 2.21 bits per heavy atom. The number of hydrogen-bond acceptors (Lipinski definition) is 2. The van der Waals surface area contributed by atoms with Crippen LogP contribution in [0.3, 0.4) is 0 Å². The van der Waals surface area contributed by atoms with Crippen molar-refractivity contribution in [3.05, 3.63) is 29.6 Å². The van der Waals surface area contributed by atoms with Gasteiger partial charge in [0.05, 0.1) is 5.56 Å². The summed E-state index contributed by atoms with van der Waals surface area (Å²) in [5.41, 5.74) is 1.78. The van der Waals surface area contributed by atoms with E-state index in [0.29, 0.717) is 0 Å². The number of carbonyl (C=O) groups is 1. The number of carbonyl (C=O) groups excluding carboxylic acids is 1. The first kappa shape index (κ1) is 14.0. The Hall–Kier alpha value is -1.38. The molecule has 1 saturated heterocycles. The quantitative estimate of drug-likeness (QED) is 0.775. The van der Waals surface area contributed by atoms with Crippen molar-refractivity contribution in [2.75, 3.05) is 13.1 Å². The summed E-state index contributed by atoms with van der Waals surface area (Å²) in [6, 6.07) is 3.89. The number of rotatable bonds is 1. The molecule has 0 unspecified atom stereocenters. The van der Waals surface area contributed by atoms with Crippen molar-refractivity contribution in [2.45, 2.75) is 51.9 Å². The molecule has 1 aromatic rings. The van der Waals surface area contributed by atoms with Crippen LogP contribution in [-0.4, -0.2) is 28.9 Å². The van der Waals surface area contributed by atoms with E-state index in [1.54, 1.807) is 6.20 Å². The Bertz CT molecular complexity index is 423. The zero-order valence-electron chi connectivity index (χ0n) is 12.3. The van der Waals surface area contributed by atoms with E-state index < -0.39 is 0 Å². The fraction of sp³-hybridized carbons (Fsp3) is 0.625. The summed E-state index contributed by atoms with van der Waals surface area (Å²) < 4.78 is 0. The highest BCUT2D eigenvalue weighted by Gasteiger charge is 2.19. The lowest BCUT2D eigenvalue weighted by Gasteiger charge is -2.21. The van der Waals surface area contributed by atoms with Gasteiger partial charge in [0.2, 0.25) is 0 Å². The van der Waals surface area contributed by atoms with Gasteiger partial charge in [-0.05, 0) is 25.0 Å². The van der Waals surface area contributed by atoms with Crippen molar-refractivity contribution in [3.63, 3.8) is 0 Å². The molecule has 2 heterocycles. The lowest BCUT2D eigenvalue weighted by molar-refractivity contribution is 0.0761. The van der Waals surface area contributed by atoms with E-state index in [4.69, 9.17) is 0 Å². The molecule has 1 aliphatic rings. The summed E-state index contributed by atoms with van der Waals surface area (Å²) >= 11 is 0. The highest BCUT2D eigenvalue weighted by atomic mass is 16.2. The van der Waals surface area contributed by atoms with Gasteiger partial charge in [0, 0.05) is 30.4 Å². The number of hydrogen-bond donors (Lipinski definition) is 0. The monoisotopic (exact) mass is 260 g/mol. The molecule has 0 bridgehead atoms. The number of aromatic nitrogens is 1. The summed E-state index contributed by atoms with van der Waals surface area (Å²) in [5.74, 6) is 0.134. The highest BCUT2D eigenvalue weighted by Crippen LogP contribution is 2.20. The predicted molar refractivity (Wildman–Crippen MR) is 77.3 cm³/mol. The molecule has 0 atom stereocenters.